The molecule has 0 saturated carbocycles. The molecule has 0 N–H and O–H groups in total. The van der Waals surface area contributed by atoms with Gasteiger partial charge in [0.05, 0.1) is 12.1 Å². The summed E-state index contributed by atoms with van der Waals surface area (Å²) in [6.07, 6.45) is 2.63. The van der Waals surface area contributed by atoms with Gasteiger partial charge in [-0.2, -0.15) is 0 Å². The van der Waals surface area contributed by atoms with Crippen molar-refractivity contribution in [2.75, 3.05) is 0 Å². The van der Waals surface area contributed by atoms with E-state index in [1.807, 2.05) is 31.2 Å². The predicted octanol–water partition coefficient (Wildman–Crippen LogP) is 7.37. The van der Waals surface area contributed by atoms with Crippen LogP contribution in [0, 0.1) is 21.0 Å². The van der Waals surface area contributed by atoms with Crippen LogP contribution in [0.5, 0.6) is 0 Å². The van der Waals surface area contributed by atoms with Gasteiger partial charge in [-0.25, -0.2) is 4.79 Å². The molecule has 0 unspecified atom stereocenters. The van der Waals surface area contributed by atoms with Crippen molar-refractivity contribution in [3.8, 4) is 0 Å². The van der Waals surface area contributed by atoms with Crippen LogP contribution < -0.4 is 0 Å². The molecule has 2 saturated heterocycles. The zero-order valence-corrected chi connectivity index (χ0v) is 32.0. The van der Waals surface area contributed by atoms with Crippen LogP contribution in [0.3, 0.4) is 0 Å². The summed E-state index contributed by atoms with van der Waals surface area (Å²) in [6, 6.07) is 20.6. The van der Waals surface area contributed by atoms with Crippen LogP contribution in [0.4, 0.5) is 13.2 Å². The molecule has 53 heavy (non-hydrogen) atoms. The standard InChI is InChI=1S/C22H21F3INO6S.C15H17NO3/c1-15-3-9-18(10-4-15)26(33-34(30,31)22(23,24)25)19-11-6-17(7-12-19)8-14-21(29)32-27-16(2)5-13-20(27)28;1-11-3-6-13(7-4-11)8-10-15(18)19-16-12(2)5-9-14(16)17/h3-4,6-7,9-12H,2,5,8,13-14H2,1H3;3-4,6-7H,2,5,8-10H2,1H3. The molecule has 3 aromatic carbocycles. The van der Waals surface area contributed by atoms with Crippen molar-refractivity contribution >= 4 is 54.1 Å². The molecule has 3 aromatic rings. The average molecular weight is 871 g/mol. The predicted molar refractivity (Wildman–Crippen MR) is 196 cm³/mol. The van der Waals surface area contributed by atoms with Crippen molar-refractivity contribution in [2.24, 2.45) is 0 Å². The monoisotopic (exact) mass is 870 g/mol. The average Bonchev–Trinajstić information content (AvgIpc) is 3.60. The van der Waals surface area contributed by atoms with E-state index in [1.54, 1.807) is 43.3 Å². The number of nitrogens with zero attached hydrogens (tertiary/aromatic N) is 2. The quantitative estimate of drug-likeness (QED) is 0.135. The van der Waals surface area contributed by atoms with Crippen LogP contribution in [-0.2, 0) is 54.3 Å². The van der Waals surface area contributed by atoms with Gasteiger partial charge in [-0.3, -0.25) is 4.79 Å². The molecule has 2 aliphatic heterocycles. The molecule has 284 valence electrons. The number of hydrogen-bond donors (Lipinski definition) is 0. The molecule has 2 fully saturated rings. The summed E-state index contributed by atoms with van der Waals surface area (Å²) >= 11 is -3.47. The van der Waals surface area contributed by atoms with Crippen LogP contribution in [0.25, 0.3) is 0 Å². The number of halogens is 4. The Labute approximate surface area is 313 Å². The zero-order valence-electron chi connectivity index (χ0n) is 29.0. The number of rotatable bonds is 12. The van der Waals surface area contributed by atoms with E-state index in [0.29, 0.717) is 49.8 Å². The van der Waals surface area contributed by atoms with Gasteiger partial charge in [-0.05, 0) is 25.3 Å². The number of carbonyl (C=O) groups excluding carboxylic acids is 4. The van der Waals surface area contributed by atoms with Gasteiger partial charge in [0.25, 0.3) is 5.91 Å². The van der Waals surface area contributed by atoms with Crippen LogP contribution in [-0.4, -0.2) is 47.8 Å². The van der Waals surface area contributed by atoms with Crippen molar-refractivity contribution in [2.45, 2.75) is 70.7 Å². The molecule has 0 radical (unpaired) electrons. The van der Waals surface area contributed by atoms with Gasteiger partial charge in [0, 0.05) is 6.42 Å². The van der Waals surface area contributed by atoms with Gasteiger partial charge >= 0.3 is 209 Å². The first-order chi connectivity index (χ1) is 24.9. The van der Waals surface area contributed by atoms with Crippen molar-refractivity contribution in [3.05, 3.63) is 127 Å². The maximum atomic E-state index is 13.0. The van der Waals surface area contributed by atoms with E-state index >= 15 is 0 Å². The van der Waals surface area contributed by atoms with Crippen LogP contribution in [0.2, 0.25) is 0 Å². The van der Waals surface area contributed by atoms with Gasteiger partial charge in [-0.15, -0.1) is 5.06 Å². The van der Waals surface area contributed by atoms with Crippen molar-refractivity contribution in [3.63, 3.8) is 0 Å². The van der Waals surface area contributed by atoms with Crippen molar-refractivity contribution in [1.82, 2.24) is 10.1 Å². The molecule has 0 atom stereocenters. The van der Waals surface area contributed by atoms with E-state index in [1.165, 1.54) is 17.7 Å². The topological polar surface area (TPSA) is 137 Å². The number of benzene rings is 3. The Morgan fingerprint density at radius 2 is 1.04 bits per heavy atom. The van der Waals surface area contributed by atoms with E-state index in [-0.39, 0.29) is 37.5 Å². The molecular formula is C37H38F3IN2O9S. The second-order valence-electron chi connectivity index (χ2n) is 12.1. The second kappa shape index (κ2) is 18.0. The summed E-state index contributed by atoms with van der Waals surface area (Å²) < 4.78 is 67.8. The Morgan fingerprint density at radius 1 is 0.679 bits per heavy atom. The zero-order chi connectivity index (χ0) is 38.9. The van der Waals surface area contributed by atoms with Gasteiger partial charge < -0.3 is 4.84 Å². The number of carbonyl (C=O) groups is 4. The molecule has 11 nitrogen and oxygen atoms in total. The summed E-state index contributed by atoms with van der Waals surface area (Å²) in [5, 5.41) is 1.92. The minimum absolute atomic E-state index is 0.0460. The van der Waals surface area contributed by atoms with E-state index < -0.39 is 47.8 Å². The Morgan fingerprint density at radius 3 is 1.40 bits per heavy atom. The number of aryl methyl sites for hydroxylation is 4. The van der Waals surface area contributed by atoms with E-state index in [0.717, 1.165) is 21.3 Å². The molecule has 2 amide bonds. The molecule has 16 heteroatoms. The first-order valence-corrected chi connectivity index (χ1v) is 20.7. The number of amides is 2. The number of alkyl halides is 3. The molecule has 0 bridgehead atoms. The Bertz CT molecular complexity index is 1920. The normalized spacial score (nSPS) is 14.9. The second-order valence-corrected chi connectivity index (χ2v) is 18.5. The maximum absolute atomic E-state index is 13.0. The summed E-state index contributed by atoms with van der Waals surface area (Å²) in [6.45, 7) is 11.2. The third-order valence-electron chi connectivity index (χ3n) is 7.77. The fourth-order valence-electron chi connectivity index (χ4n) is 4.77. The molecule has 5 rings (SSSR count). The Kier molecular flexibility index (Phi) is 14.0. The van der Waals surface area contributed by atoms with Crippen molar-refractivity contribution < 1.29 is 53.0 Å². The third kappa shape index (κ3) is 11.7. The summed E-state index contributed by atoms with van der Waals surface area (Å²) in [4.78, 5) is 56.9. The molecular weight excluding hydrogens is 832 g/mol. The van der Waals surface area contributed by atoms with Crippen LogP contribution in [0.15, 0.2) is 97.3 Å². The minimum atomic E-state index is -5.79. The molecule has 0 aromatic heterocycles. The summed E-state index contributed by atoms with van der Waals surface area (Å²) in [5.74, 6) is -1.58. The van der Waals surface area contributed by atoms with Crippen molar-refractivity contribution in [1.29, 1.82) is 0 Å². The summed E-state index contributed by atoms with van der Waals surface area (Å²) in [7, 11) is -5.79. The number of hydrogen-bond acceptors (Lipinski definition) is 9. The Balaban J connectivity index is 0.000000278. The SMILES string of the molecule is C=C1CCC(=O)N1OC(=O)CCc1ccc(C)cc1.C=C1CCC(=O)N1OC(=O)CCc1ccc(I(OS(=O)(=O)C(F)(F)F)c2ccc(C)cc2)cc1. The number of allylic oxidation sites excluding steroid dienone is 2. The summed E-state index contributed by atoms with van der Waals surface area (Å²) in [5.41, 5.74) is -0.779. The fourth-order valence-corrected chi connectivity index (χ4v) is 11.2. The molecule has 2 aliphatic rings. The van der Waals surface area contributed by atoms with Gasteiger partial charge in [-0.1, -0.05) is 36.4 Å². The van der Waals surface area contributed by atoms with Crippen LogP contribution >= 0.6 is 20.2 Å². The van der Waals surface area contributed by atoms with E-state index in [4.69, 9.17) is 12.2 Å². The van der Waals surface area contributed by atoms with E-state index in [2.05, 4.69) is 13.2 Å². The van der Waals surface area contributed by atoms with Gasteiger partial charge in [0.1, 0.15) is 0 Å². The first-order valence-electron chi connectivity index (χ1n) is 16.3. The van der Waals surface area contributed by atoms with Gasteiger partial charge in [0.2, 0.25) is 0 Å². The molecule has 0 spiro atoms. The van der Waals surface area contributed by atoms with Gasteiger partial charge in [0.15, 0.2) is 0 Å². The molecule has 0 aliphatic carbocycles. The van der Waals surface area contributed by atoms with E-state index in [9.17, 15) is 40.8 Å². The Hall–Kier alpha value is -4.55. The fraction of sp³-hybridized carbons (Fsp3) is 0.297. The first kappa shape index (κ1) is 41.2. The number of hydroxylamine groups is 4. The third-order valence-corrected chi connectivity index (χ3v) is 14.8. The van der Waals surface area contributed by atoms with Crippen LogP contribution in [0.1, 0.15) is 60.8 Å². The molecule has 2 heterocycles.